The summed E-state index contributed by atoms with van der Waals surface area (Å²) in [6.07, 6.45) is 2.60. The SMILES string of the molecule is O=C(O)N1CCC(N(Cc2ccccc2)C(=O)C2CC2)CC1. The van der Waals surface area contributed by atoms with Crippen molar-refractivity contribution in [2.24, 2.45) is 5.92 Å². The number of amides is 2. The average Bonchev–Trinajstić information content (AvgIpc) is 3.38. The van der Waals surface area contributed by atoms with Crippen molar-refractivity contribution in [3.05, 3.63) is 35.9 Å². The maximum Gasteiger partial charge on any atom is 0.407 e. The van der Waals surface area contributed by atoms with Gasteiger partial charge in [0.05, 0.1) is 0 Å². The van der Waals surface area contributed by atoms with Crippen molar-refractivity contribution in [2.45, 2.75) is 38.3 Å². The van der Waals surface area contributed by atoms with Crippen LogP contribution in [0.3, 0.4) is 0 Å². The van der Waals surface area contributed by atoms with Crippen molar-refractivity contribution in [2.75, 3.05) is 13.1 Å². The summed E-state index contributed by atoms with van der Waals surface area (Å²) in [6.45, 7) is 1.67. The number of carbonyl (C=O) groups excluding carboxylic acids is 1. The van der Waals surface area contributed by atoms with Crippen molar-refractivity contribution in [1.29, 1.82) is 0 Å². The molecule has 5 nitrogen and oxygen atoms in total. The van der Waals surface area contributed by atoms with E-state index in [0.29, 0.717) is 19.6 Å². The maximum atomic E-state index is 12.6. The second-order valence-electron chi connectivity index (χ2n) is 6.23. The summed E-state index contributed by atoms with van der Waals surface area (Å²) in [5.41, 5.74) is 1.14. The number of likely N-dealkylation sites (tertiary alicyclic amines) is 1. The van der Waals surface area contributed by atoms with Crippen LogP contribution >= 0.6 is 0 Å². The normalized spacial score (nSPS) is 19.0. The summed E-state index contributed by atoms with van der Waals surface area (Å²) >= 11 is 0. The number of rotatable bonds is 4. The lowest BCUT2D eigenvalue weighted by Crippen LogP contribution is -2.48. The fraction of sp³-hybridized carbons (Fsp3) is 0.529. The molecule has 1 saturated carbocycles. The molecule has 0 aromatic heterocycles. The third-order valence-electron chi connectivity index (χ3n) is 4.58. The van der Waals surface area contributed by atoms with Crippen LogP contribution in [0.5, 0.6) is 0 Å². The highest BCUT2D eigenvalue weighted by Crippen LogP contribution is 2.33. The van der Waals surface area contributed by atoms with E-state index in [1.54, 1.807) is 0 Å². The zero-order chi connectivity index (χ0) is 15.5. The van der Waals surface area contributed by atoms with E-state index in [4.69, 9.17) is 5.11 Å². The fourth-order valence-corrected chi connectivity index (χ4v) is 3.10. The molecule has 2 fully saturated rings. The van der Waals surface area contributed by atoms with Gasteiger partial charge >= 0.3 is 6.09 Å². The Bertz CT molecular complexity index is 534. The Morgan fingerprint density at radius 3 is 2.27 bits per heavy atom. The molecular formula is C17H22N2O3. The number of carboxylic acid groups (broad SMARTS) is 1. The molecule has 2 aliphatic rings. The molecule has 3 rings (SSSR count). The van der Waals surface area contributed by atoms with Crippen molar-refractivity contribution < 1.29 is 14.7 Å². The summed E-state index contributed by atoms with van der Waals surface area (Å²) < 4.78 is 0. The molecular weight excluding hydrogens is 280 g/mol. The van der Waals surface area contributed by atoms with Crippen LogP contribution in [0, 0.1) is 5.92 Å². The van der Waals surface area contributed by atoms with E-state index in [0.717, 1.165) is 31.2 Å². The highest BCUT2D eigenvalue weighted by atomic mass is 16.4. The average molecular weight is 302 g/mol. The highest BCUT2D eigenvalue weighted by molar-refractivity contribution is 5.81. The van der Waals surface area contributed by atoms with Crippen molar-refractivity contribution in [1.82, 2.24) is 9.80 Å². The van der Waals surface area contributed by atoms with Gasteiger partial charge in [0, 0.05) is 31.6 Å². The predicted molar refractivity (Wildman–Crippen MR) is 82.3 cm³/mol. The lowest BCUT2D eigenvalue weighted by atomic mass is 10.0. The lowest BCUT2D eigenvalue weighted by Gasteiger charge is -2.38. The van der Waals surface area contributed by atoms with E-state index in [1.165, 1.54) is 4.90 Å². The first kappa shape index (κ1) is 14.9. The van der Waals surface area contributed by atoms with Crippen molar-refractivity contribution in [3.63, 3.8) is 0 Å². The minimum atomic E-state index is -0.860. The molecule has 1 aromatic carbocycles. The van der Waals surface area contributed by atoms with Gasteiger partial charge in [0.2, 0.25) is 5.91 Å². The summed E-state index contributed by atoms with van der Waals surface area (Å²) in [6, 6.07) is 10.2. The van der Waals surface area contributed by atoms with Crippen LogP contribution in [0.2, 0.25) is 0 Å². The highest BCUT2D eigenvalue weighted by Gasteiger charge is 2.37. The lowest BCUT2D eigenvalue weighted by molar-refractivity contribution is -0.136. The molecule has 1 aliphatic carbocycles. The zero-order valence-corrected chi connectivity index (χ0v) is 12.6. The standard InChI is InChI=1S/C17H22N2O3/c20-16(14-6-7-14)19(12-13-4-2-1-3-5-13)15-8-10-18(11-9-15)17(21)22/h1-5,14-15H,6-12H2,(H,21,22). The van der Waals surface area contributed by atoms with Gasteiger partial charge in [-0.2, -0.15) is 0 Å². The third-order valence-corrected chi connectivity index (χ3v) is 4.58. The van der Waals surface area contributed by atoms with Crippen LogP contribution < -0.4 is 0 Å². The Kier molecular flexibility index (Phi) is 4.32. The Labute approximate surface area is 130 Å². The second-order valence-corrected chi connectivity index (χ2v) is 6.23. The van der Waals surface area contributed by atoms with Gasteiger partial charge in [-0.1, -0.05) is 30.3 Å². The molecule has 0 unspecified atom stereocenters. The second kappa shape index (κ2) is 6.38. The van der Waals surface area contributed by atoms with Gasteiger partial charge in [-0.05, 0) is 31.2 Å². The van der Waals surface area contributed by atoms with Gasteiger partial charge in [0.15, 0.2) is 0 Å². The zero-order valence-electron chi connectivity index (χ0n) is 12.6. The number of nitrogens with zero attached hydrogens (tertiary/aromatic N) is 2. The first-order valence-corrected chi connectivity index (χ1v) is 7.97. The van der Waals surface area contributed by atoms with E-state index in [1.807, 2.05) is 35.2 Å². The Morgan fingerprint density at radius 1 is 1.09 bits per heavy atom. The Morgan fingerprint density at radius 2 is 1.73 bits per heavy atom. The molecule has 1 heterocycles. The molecule has 1 aromatic rings. The van der Waals surface area contributed by atoms with E-state index >= 15 is 0 Å². The first-order chi connectivity index (χ1) is 10.6. The maximum absolute atomic E-state index is 12.6. The molecule has 0 radical (unpaired) electrons. The van der Waals surface area contributed by atoms with Crippen molar-refractivity contribution in [3.8, 4) is 0 Å². The first-order valence-electron chi connectivity index (χ1n) is 7.97. The smallest absolute Gasteiger partial charge is 0.407 e. The summed E-state index contributed by atoms with van der Waals surface area (Å²) in [4.78, 5) is 27.1. The van der Waals surface area contributed by atoms with Gasteiger partial charge in [0.1, 0.15) is 0 Å². The van der Waals surface area contributed by atoms with Crippen molar-refractivity contribution >= 4 is 12.0 Å². The van der Waals surface area contributed by atoms with E-state index in [9.17, 15) is 9.59 Å². The molecule has 22 heavy (non-hydrogen) atoms. The molecule has 118 valence electrons. The minimum Gasteiger partial charge on any atom is -0.465 e. The van der Waals surface area contributed by atoms with Gasteiger partial charge < -0.3 is 14.9 Å². The van der Waals surface area contributed by atoms with E-state index in [-0.39, 0.29) is 17.9 Å². The molecule has 1 N–H and O–H groups in total. The van der Waals surface area contributed by atoms with Gasteiger partial charge in [-0.25, -0.2) is 4.79 Å². The number of piperidine rings is 1. The van der Waals surface area contributed by atoms with Gasteiger partial charge in [-0.3, -0.25) is 4.79 Å². The van der Waals surface area contributed by atoms with Crippen LogP contribution in [0.15, 0.2) is 30.3 Å². The van der Waals surface area contributed by atoms with Crippen LogP contribution in [0.1, 0.15) is 31.2 Å². The number of hydrogen-bond acceptors (Lipinski definition) is 2. The molecule has 0 bridgehead atoms. The predicted octanol–water partition coefficient (Wildman–Crippen LogP) is 2.57. The van der Waals surface area contributed by atoms with Gasteiger partial charge in [-0.15, -0.1) is 0 Å². The van der Waals surface area contributed by atoms with Crippen LogP contribution in [0.4, 0.5) is 4.79 Å². The number of carbonyl (C=O) groups is 2. The molecule has 0 atom stereocenters. The summed E-state index contributed by atoms with van der Waals surface area (Å²) in [7, 11) is 0. The third kappa shape index (κ3) is 3.40. The topological polar surface area (TPSA) is 60.9 Å². The van der Waals surface area contributed by atoms with Crippen LogP contribution in [-0.4, -0.2) is 46.0 Å². The Hall–Kier alpha value is -2.04. The van der Waals surface area contributed by atoms with Crippen LogP contribution in [-0.2, 0) is 11.3 Å². The number of benzene rings is 1. The van der Waals surface area contributed by atoms with Crippen LogP contribution in [0.25, 0.3) is 0 Å². The number of hydrogen-bond donors (Lipinski definition) is 1. The molecule has 2 amide bonds. The van der Waals surface area contributed by atoms with Gasteiger partial charge in [0.25, 0.3) is 0 Å². The van der Waals surface area contributed by atoms with E-state index in [2.05, 4.69) is 0 Å². The molecule has 1 saturated heterocycles. The fourth-order valence-electron chi connectivity index (χ4n) is 3.10. The summed E-state index contributed by atoms with van der Waals surface area (Å²) in [5, 5.41) is 9.05. The Balaban J connectivity index is 1.69. The summed E-state index contributed by atoms with van der Waals surface area (Å²) in [5.74, 6) is 0.443. The van der Waals surface area contributed by atoms with E-state index < -0.39 is 6.09 Å². The monoisotopic (exact) mass is 302 g/mol. The molecule has 1 aliphatic heterocycles. The largest absolute Gasteiger partial charge is 0.465 e. The minimum absolute atomic E-state index is 0.156. The molecule has 5 heteroatoms. The molecule has 0 spiro atoms. The quantitative estimate of drug-likeness (QED) is 0.930.